The van der Waals surface area contributed by atoms with E-state index in [9.17, 15) is 4.79 Å². The molecule has 4 heteroatoms. The fraction of sp³-hybridized carbons (Fsp3) is 0.222. The van der Waals surface area contributed by atoms with Gasteiger partial charge in [0.25, 0.3) is 5.91 Å². The number of amides is 1. The molecule has 0 spiro atoms. The molecule has 0 aromatic heterocycles. The SMILES string of the molecule is COc1ccc2c(c1)CCC/C2=N/NC(=O)c1ccccc1. The summed E-state index contributed by atoms with van der Waals surface area (Å²) in [6.07, 6.45) is 2.91. The first kappa shape index (κ1) is 14.3. The van der Waals surface area contributed by atoms with E-state index >= 15 is 0 Å². The summed E-state index contributed by atoms with van der Waals surface area (Å²) < 4.78 is 5.26. The van der Waals surface area contributed by atoms with E-state index in [0.717, 1.165) is 36.3 Å². The van der Waals surface area contributed by atoms with Crippen LogP contribution < -0.4 is 10.2 Å². The maximum Gasteiger partial charge on any atom is 0.271 e. The quantitative estimate of drug-likeness (QED) is 0.884. The van der Waals surface area contributed by atoms with Crippen LogP contribution in [-0.4, -0.2) is 18.7 Å². The normalized spacial score (nSPS) is 15.2. The molecule has 2 aromatic carbocycles. The van der Waals surface area contributed by atoms with Crippen LogP contribution in [-0.2, 0) is 6.42 Å². The van der Waals surface area contributed by atoms with Crippen LogP contribution in [0.1, 0.15) is 34.3 Å². The Balaban J connectivity index is 1.80. The third-order valence-electron chi connectivity index (χ3n) is 3.81. The number of nitrogens with one attached hydrogen (secondary N) is 1. The lowest BCUT2D eigenvalue weighted by molar-refractivity contribution is 0.0954. The number of hydrazone groups is 1. The van der Waals surface area contributed by atoms with Crippen LogP contribution in [0, 0.1) is 0 Å². The number of fused-ring (bicyclic) bond motifs is 1. The van der Waals surface area contributed by atoms with Crippen LogP contribution >= 0.6 is 0 Å². The molecule has 0 aliphatic heterocycles. The molecular formula is C18H18N2O2. The van der Waals surface area contributed by atoms with Gasteiger partial charge in [0.1, 0.15) is 5.75 Å². The number of carbonyl (C=O) groups is 1. The lowest BCUT2D eigenvalue weighted by Crippen LogP contribution is -2.22. The van der Waals surface area contributed by atoms with Crippen molar-refractivity contribution >= 4 is 11.6 Å². The minimum absolute atomic E-state index is 0.186. The van der Waals surface area contributed by atoms with E-state index in [-0.39, 0.29) is 5.91 Å². The number of hydrogen-bond acceptors (Lipinski definition) is 3. The van der Waals surface area contributed by atoms with Crippen LogP contribution in [0.2, 0.25) is 0 Å². The molecule has 0 saturated carbocycles. The molecule has 1 amide bonds. The van der Waals surface area contributed by atoms with Crippen molar-refractivity contribution in [1.82, 2.24) is 5.43 Å². The van der Waals surface area contributed by atoms with Crippen molar-refractivity contribution in [3.05, 3.63) is 65.2 Å². The third kappa shape index (κ3) is 3.01. The number of hydrogen-bond donors (Lipinski definition) is 1. The van der Waals surface area contributed by atoms with Gasteiger partial charge >= 0.3 is 0 Å². The Bertz CT molecular complexity index is 708. The molecule has 3 rings (SSSR count). The Kier molecular flexibility index (Phi) is 4.19. The average Bonchev–Trinajstić information content (AvgIpc) is 2.59. The summed E-state index contributed by atoms with van der Waals surface area (Å²) in [7, 11) is 1.67. The summed E-state index contributed by atoms with van der Waals surface area (Å²) in [5, 5.41) is 4.33. The van der Waals surface area contributed by atoms with E-state index in [0.29, 0.717) is 5.56 Å². The highest BCUT2D eigenvalue weighted by molar-refractivity contribution is 6.04. The molecule has 0 bridgehead atoms. The van der Waals surface area contributed by atoms with Gasteiger partial charge in [0.05, 0.1) is 12.8 Å². The molecule has 112 valence electrons. The van der Waals surface area contributed by atoms with Gasteiger partial charge < -0.3 is 4.74 Å². The van der Waals surface area contributed by atoms with Gasteiger partial charge in [-0.25, -0.2) is 5.43 Å². The Morgan fingerprint density at radius 3 is 2.73 bits per heavy atom. The van der Waals surface area contributed by atoms with Crippen molar-refractivity contribution in [2.75, 3.05) is 7.11 Å². The third-order valence-corrected chi connectivity index (χ3v) is 3.81. The Hall–Kier alpha value is -2.62. The first-order chi connectivity index (χ1) is 10.8. The molecule has 0 unspecified atom stereocenters. The van der Waals surface area contributed by atoms with Crippen molar-refractivity contribution in [3.8, 4) is 5.75 Å². The summed E-state index contributed by atoms with van der Waals surface area (Å²) in [5.74, 6) is 0.669. The lowest BCUT2D eigenvalue weighted by Gasteiger charge is -2.18. The highest BCUT2D eigenvalue weighted by Crippen LogP contribution is 2.25. The summed E-state index contributed by atoms with van der Waals surface area (Å²) in [6, 6.07) is 15.1. The van der Waals surface area contributed by atoms with Crippen molar-refractivity contribution in [2.45, 2.75) is 19.3 Å². The zero-order valence-corrected chi connectivity index (χ0v) is 12.5. The number of ether oxygens (including phenoxy) is 1. The average molecular weight is 294 g/mol. The van der Waals surface area contributed by atoms with Crippen molar-refractivity contribution < 1.29 is 9.53 Å². The Morgan fingerprint density at radius 2 is 1.95 bits per heavy atom. The molecule has 0 fully saturated rings. The van der Waals surface area contributed by atoms with Crippen LogP contribution in [0.3, 0.4) is 0 Å². The second kappa shape index (κ2) is 6.43. The monoisotopic (exact) mass is 294 g/mol. The van der Waals surface area contributed by atoms with Crippen molar-refractivity contribution in [3.63, 3.8) is 0 Å². The molecular weight excluding hydrogens is 276 g/mol. The summed E-state index contributed by atoms with van der Waals surface area (Å²) in [6.45, 7) is 0. The van der Waals surface area contributed by atoms with Gasteiger partial charge in [-0.15, -0.1) is 0 Å². The second-order valence-corrected chi connectivity index (χ2v) is 5.24. The molecule has 1 aliphatic rings. The van der Waals surface area contributed by atoms with E-state index in [1.807, 2.05) is 36.4 Å². The van der Waals surface area contributed by atoms with E-state index in [4.69, 9.17) is 4.74 Å². The van der Waals surface area contributed by atoms with Crippen LogP contribution in [0.5, 0.6) is 5.75 Å². The van der Waals surface area contributed by atoms with Crippen LogP contribution in [0.15, 0.2) is 53.6 Å². The number of rotatable bonds is 3. The van der Waals surface area contributed by atoms with E-state index in [2.05, 4.69) is 10.5 Å². The zero-order valence-electron chi connectivity index (χ0n) is 12.5. The highest BCUT2D eigenvalue weighted by atomic mass is 16.5. The first-order valence-electron chi connectivity index (χ1n) is 7.37. The maximum absolute atomic E-state index is 12.1. The number of benzene rings is 2. The Labute approximate surface area is 129 Å². The summed E-state index contributed by atoms with van der Waals surface area (Å²) in [4.78, 5) is 12.1. The number of carbonyl (C=O) groups excluding carboxylic acids is 1. The van der Waals surface area contributed by atoms with Crippen molar-refractivity contribution in [2.24, 2.45) is 5.10 Å². The van der Waals surface area contributed by atoms with Gasteiger partial charge in [0, 0.05) is 11.1 Å². The Morgan fingerprint density at radius 1 is 1.14 bits per heavy atom. The number of methoxy groups -OCH3 is 1. The fourth-order valence-corrected chi connectivity index (χ4v) is 2.65. The highest BCUT2D eigenvalue weighted by Gasteiger charge is 2.16. The fourth-order valence-electron chi connectivity index (χ4n) is 2.65. The van der Waals surface area contributed by atoms with E-state index < -0.39 is 0 Å². The topological polar surface area (TPSA) is 50.7 Å². The van der Waals surface area contributed by atoms with E-state index in [1.165, 1.54) is 5.56 Å². The minimum Gasteiger partial charge on any atom is -0.497 e. The maximum atomic E-state index is 12.1. The standard InChI is InChI=1S/C18H18N2O2/c1-22-15-10-11-16-14(12-15)8-5-9-17(16)19-20-18(21)13-6-3-2-4-7-13/h2-4,6-7,10-12H,5,8-9H2,1H3,(H,20,21)/b19-17-. The van der Waals surface area contributed by atoms with E-state index in [1.54, 1.807) is 19.2 Å². The molecule has 2 aromatic rings. The molecule has 1 aliphatic carbocycles. The van der Waals surface area contributed by atoms with Gasteiger partial charge in [-0.3, -0.25) is 4.79 Å². The number of nitrogens with zero attached hydrogens (tertiary/aromatic N) is 1. The largest absolute Gasteiger partial charge is 0.497 e. The molecule has 0 radical (unpaired) electrons. The molecule has 22 heavy (non-hydrogen) atoms. The zero-order chi connectivity index (χ0) is 15.4. The summed E-state index contributed by atoms with van der Waals surface area (Å²) in [5.41, 5.74) is 6.51. The van der Waals surface area contributed by atoms with Crippen molar-refractivity contribution in [1.29, 1.82) is 0 Å². The predicted molar refractivity (Wildman–Crippen MR) is 86.4 cm³/mol. The first-order valence-corrected chi connectivity index (χ1v) is 7.37. The minimum atomic E-state index is -0.186. The predicted octanol–water partition coefficient (Wildman–Crippen LogP) is 3.17. The molecule has 0 atom stereocenters. The van der Waals surface area contributed by atoms with Gasteiger partial charge in [0.15, 0.2) is 0 Å². The molecule has 0 heterocycles. The molecule has 4 nitrogen and oxygen atoms in total. The second-order valence-electron chi connectivity index (χ2n) is 5.24. The number of aryl methyl sites for hydroxylation is 1. The van der Waals surface area contributed by atoms with Gasteiger partial charge in [-0.2, -0.15) is 5.10 Å². The molecule has 1 N–H and O–H groups in total. The smallest absolute Gasteiger partial charge is 0.271 e. The lowest BCUT2D eigenvalue weighted by atomic mass is 9.90. The summed E-state index contributed by atoms with van der Waals surface area (Å²) >= 11 is 0. The van der Waals surface area contributed by atoms with Crippen LogP contribution in [0.4, 0.5) is 0 Å². The van der Waals surface area contributed by atoms with Gasteiger partial charge in [0.2, 0.25) is 0 Å². The van der Waals surface area contributed by atoms with Gasteiger partial charge in [-0.1, -0.05) is 18.2 Å². The van der Waals surface area contributed by atoms with Gasteiger partial charge in [-0.05, 0) is 55.2 Å². The molecule has 0 saturated heterocycles. The van der Waals surface area contributed by atoms with Crippen LogP contribution in [0.25, 0.3) is 0 Å².